The monoisotopic (exact) mass is 565 g/mol. The van der Waals surface area contributed by atoms with Crippen LogP contribution in [0.4, 0.5) is 11.6 Å². The van der Waals surface area contributed by atoms with Gasteiger partial charge >= 0.3 is 5.97 Å². The topological polar surface area (TPSA) is 120 Å². The lowest BCUT2D eigenvalue weighted by atomic mass is 9.84. The number of anilines is 2. The predicted molar refractivity (Wildman–Crippen MR) is 159 cm³/mol. The Bertz CT molecular complexity index is 1420. The van der Waals surface area contributed by atoms with Crippen LogP contribution >= 0.6 is 0 Å². The number of pyridine rings is 2. The van der Waals surface area contributed by atoms with Crippen LogP contribution in [0, 0.1) is 0 Å². The number of carbonyl (C=O) groups is 1. The number of nitrogens with one attached hydrogen (secondary N) is 3. The van der Waals surface area contributed by atoms with Crippen LogP contribution in [0.5, 0.6) is 5.75 Å². The Labute approximate surface area is 239 Å². The van der Waals surface area contributed by atoms with E-state index in [-0.39, 0.29) is 24.0 Å². The first kappa shape index (κ1) is 28.6. The summed E-state index contributed by atoms with van der Waals surface area (Å²) in [4.78, 5) is 22.0. The second kappa shape index (κ2) is 10.8. The first-order valence-electron chi connectivity index (χ1n) is 13.9. The van der Waals surface area contributed by atoms with E-state index >= 15 is 0 Å². The van der Waals surface area contributed by atoms with Crippen LogP contribution in [0.1, 0.15) is 88.5 Å². The van der Waals surface area contributed by atoms with Crippen molar-refractivity contribution in [1.82, 2.24) is 20.0 Å². The summed E-state index contributed by atoms with van der Waals surface area (Å²) in [5.74, 6) is 1.55. The molecule has 214 valence electrons. The summed E-state index contributed by atoms with van der Waals surface area (Å²) in [7, 11) is 0. The minimum Gasteiger partial charge on any atom is -0.598 e. The van der Waals surface area contributed by atoms with Gasteiger partial charge in [-0.3, -0.25) is 0 Å². The van der Waals surface area contributed by atoms with Gasteiger partial charge in [-0.25, -0.2) is 14.8 Å². The first-order valence-corrected chi connectivity index (χ1v) is 15.0. The van der Waals surface area contributed by atoms with Crippen molar-refractivity contribution in [3.05, 3.63) is 53.3 Å². The second-order valence-corrected chi connectivity index (χ2v) is 14.1. The molecule has 9 nitrogen and oxygen atoms in total. The van der Waals surface area contributed by atoms with Gasteiger partial charge in [-0.05, 0) is 76.3 Å². The van der Waals surface area contributed by atoms with Crippen LogP contribution < -0.4 is 20.1 Å². The number of ether oxygens (including phenoxy) is 2. The fourth-order valence-electron chi connectivity index (χ4n) is 4.80. The van der Waals surface area contributed by atoms with Gasteiger partial charge in [-0.15, -0.1) is 4.72 Å². The van der Waals surface area contributed by atoms with E-state index in [9.17, 15) is 9.35 Å². The first-order chi connectivity index (χ1) is 18.9. The van der Waals surface area contributed by atoms with Gasteiger partial charge in [0.1, 0.15) is 33.8 Å². The number of carbonyl (C=O) groups excluding carboxylic acids is 1. The number of esters is 1. The van der Waals surface area contributed by atoms with Crippen molar-refractivity contribution in [2.75, 3.05) is 18.4 Å². The third kappa shape index (κ3) is 5.63. The minimum atomic E-state index is -1.24. The highest BCUT2D eigenvalue weighted by Crippen LogP contribution is 2.39. The number of cyclic esters (lactones) is 1. The van der Waals surface area contributed by atoms with Crippen molar-refractivity contribution in [3.8, 4) is 5.75 Å². The fraction of sp³-hybridized carbons (Fsp3) is 0.500. The zero-order valence-corrected chi connectivity index (χ0v) is 25.1. The average molecular weight is 566 g/mol. The van der Waals surface area contributed by atoms with Crippen LogP contribution in [0.25, 0.3) is 10.8 Å². The van der Waals surface area contributed by atoms with Gasteiger partial charge in [0, 0.05) is 42.0 Å². The maximum atomic E-state index is 13.0. The van der Waals surface area contributed by atoms with E-state index in [0.717, 1.165) is 41.6 Å². The lowest BCUT2D eigenvalue weighted by Gasteiger charge is -2.36. The van der Waals surface area contributed by atoms with Gasteiger partial charge in [-0.1, -0.05) is 19.9 Å². The van der Waals surface area contributed by atoms with E-state index in [0.29, 0.717) is 22.9 Å². The highest BCUT2D eigenvalue weighted by atomic mass is 32.2. The quantitative estimate of drug-likeness (QED) is 0.247. The Hall–Kier alpha value is -2.92. The number of nitrogens with zero attached hydrogens (tertiary/aromatic N) is 2. The average Bonchev–Trinajstić information content (AvgIpc) is 2.87. The molecule has 3 N–H and O–H groups in total. The Balaban J connectivity index is 1.52. The molecule has 5 rings (SSSR count). The zero-order valence-electron chi connectivity index (χ0n) is 24.3. The Morgan fingerprint density at radius 1 is 1.20 bits per heavy atom. The smallest absolute Gasteiger partial charge is 0.340 e. The Kier molecular flexibility index (Phi) is 7.73. The highest BCUT2D eigenvalue weighted by molar-refractivity contribution is 7.90. The normalized spacial score (nSPS) is 20.3. The molecule has 2 aliphatic heterocycles. The van der Waals surface area contributed by atoms with E-state index in [4.69, 9.17) is 19.4 Å². The molecule has 1 saturated heterocycles. The predicted octanol–water partition coefficient (Wildman–Crippen LogP) is 5.28. The Morgan fingerprint density at radius 3 is 2.60 bits per heavy atom. The Morgan fingerprint density at radius 2 is 1.95 bits per heavy atom. The maximum absolute atomic E-state index is 13.0. The molecule has 1 aromatic carbocycles. The van der Waals surface area contributed by atoms with Gasteiger partial charge in [0.2, 0.25) is 0 Å². The van der Waals surface area contributed by atoms with Crippen molar-refractivity contribution < 1.29 is 18.8 Å². The van der Waals surface area contributed by atoms with Crippen molar-refractivity contribution in [2.45, 2.75) is 83.3 Å². The molecule has 1 fully saturated rings. The van der Waals surface area contributed by atoms with Crippen molar-refractivity contribution in [2.24, 2.45) is 0 Å². The van der Waals surface area contributed by atoms with Gasteiger partial charge in [0.05, 0.1) is 17.3 Å². The third-order valence-electron chi connectivity index (χ3n) is 7.73. The number of rotatable bonds is 8. The van der Waals surface area contributed by atoms with Gasteiger partial charge in [0.15, 0.2) is 0 Å². The summed E-state index contributed by atoms with van der Waals surface area (Å²) in [5.41, 5.74) is 1.57. The molecule has 3 atom stereocenters. The molecule has 0 bridgehead atoms. The molecule has 4 heterocycles. The van der Waals surface area contributed by atoms with E-state index in [1.807, 2.05) is 59.9 Å². The van der Waals surface area contributed by atoms with Gasteiger partial charge in [-0.2, -0.15) is 0 Å². The number of hydrogen-bond acceptors (Lipinski definition) is 9. The number of fused-ring (bicyclic) bond motifs is 2. The fourth-order valence-corrected chi connectivity index (χ4v) is 5.70. The second-order valence-electron chi connectivity index (χ2n) is 12.1. The van der Waals surface area contributed by atoms with Crippen LogP contribution in [0.2, 0.25) is 0 Å². The lowest BCUT2D eigenvalue weighted by Crippen LogP contribution is -2.50. The standard InChI is InChI=1S/C30H39N5O4S/c1-8-23(35-40(37)29(3,4)5)19-9-11-24(38-18-14-31-15-18)22-16-32-26(13-21(19)22)33-25-12-10-20-27(34-25)17(2)30(6,7)39-28(20)36/h9-13,16-18,23,31,35H,8,14-15H2,1-7H3,(H,32,33,34)/t17-,23-,40+/m1/s1. The number of aromatic nitrogens is 2. The molecule has 40 heavy (non-hydrogen) atoms. The zero-order chi connectivity index (χ0) is 28.8. The SMILES string of the molecule is CC[C@@H](N[S@@+]([O-])C(C)(C)C)c1ccc(OC2CNC2)c2cnc(Nc3ccc4c(n3)[C@@H](C)C(C)(C)OC4=O)cc12. The largest absolute Gasteiger partial charge is 0.598 e. The van der Waals surface area contributed by atoms with E-state index < -0.39 is 21.7 Å². The molecule has 2 aromatic heterocycles. The van der Waals surface area contributed by atoms with E-state index in [1.54, 1.807) is 12.1 Å². The van der Waals surface area contributed by atoms with E-state index in [2.05, 4.69) is 28.3 Å². The highest BCUT2D eigenvalue weighted by Gasteiger charge is 2.40. The van der Waals surface area contributed by atoms with Crippen LogP contribution in [-0.4, -0.2) is 50.0 Å². The number of hydrogen-bond donors (Lipinski definition) is 3. The molecule has 3 aromatic rings. The number of benzene rings is 1. The van der Waals surface area contributed by atoms with Crippen LogP contribution in [0.3, 0.4) is 0 Å². The molecule has 10 heteroatoms. The summed E-state index contributed by atoms with van der Waals surface area (Å²) < 4.78 is 27.9. The summed E-state index contributed by atoms with van der Waals surface area (Å²) in [6, 6.07) is 9.42. The minimum absolute atomic E-state index is 0.0705. The summed E-state index contributed by atoms with van der Waals surface area (Å²) in [5, 5.41) is 8.44. The van der Waals surface area contributed by atoms with Crippen molar-refractivity contribution >= 4 is 39.7 Å². The summed E-state index contributed by atoms with van der Waals surface area (Å²) in [6.45, 7) is 15.4. The van der Waals surface area contributed by atoms with Gasteiger partial charge < -0.3 is 24.7 Å². The molecule has 0 unspecified atom stereocenters. The molecule has 0 aliphatic carbocycles. The van der Waals surface area contributed by atoms with E-state index in [1.165, 1.54) is 0 Å². The molecule has 2 aliphatic rings. The summed E-state index contributed by atoms with van der Waals surface area (Å²) >= 11 is -1.24. The molecule has 0 saturated carbocycles. The lowest BCUT2D eigenvalue weighted by molar-refractivity contribution is -0.0189. The summed E-state index contributed by atoms with van der Waals surface area (Å²) in [6.07, 6.45) is 2.69. The van der Waals surface area contributed by atoms with Crippen molar-refractivity contribution in [3.63, 3.8) is 0 Å². The molecular weight excluding hydrogens is 526 g/mol. The third-order valence-corrected chi connectivity index (χ3v) is 9.34. The molecule has 0 spiro atoms. The van der Waals surface area contributed by atoms with Crippen molar-refractivity contribution in [1.29, 1.82) is 0 Å². The van der Waals surface area contributed by atoms with Gasteiger partial charge in [0.25, 0.3) is 0 Å². The maximum Gasteiger partial charge on any atom is 0.340 e. The molecule has 0 radical (unpaired) electrons. The van der Waals surface area contributed by atoms with Crippen LogP contribution in [0.15, 0.2) is 36.5 Å². The van der Waals surface area contributed by atoms with Crippen LogP contribution in [-0.2, 0) is 16.1 Å². The molecular formula is C30H39N5O4S. The molecule has 0 amide bonds.